The summed E-state index contributed by atoms with van der Waals surface area (Å²) in [6.45, 7) is 4.16. The van der Waals surface area contributed by atoms with E-state index in [1.54, 1.807) is 0 Å². The Morgan fingerprint density at radius 3 is 2.47 bits per heavy atom. The van der Waals surface area contributed by atoms with Gasteiger partial charge in [0.25, 0.3) is 0 Å². The zero-order valence-electron chi connectivity index (χ0n) is 11.8. The van der Waals surface area contributed by atoms with Crippen molar-refractivity contribution in [2.24, 2.45) is 0 Å². The van der Waals surface area contributed by atoms with Gasteiger partial charge in [0.1, 0.15) is 0 Å². The molecule has 3 heteroatoms. The molecule has 0 fully saturated rings. The maximum absolute atomic E-state index is 11.9. The Bertz CT molecular complexity index is 373. The fourth-order valence-corrected chi connectivity index (χ4v) is 2.27. The summed E-state index contributed by atoms with van der Waals surface area (Å²) in [6, 6.07) is 7.53. The Kier molecular flexibility index (Phi) is 7.80. The molecule has 106 valence electrons. The van der Waals surface area contributed by atoms with Crippen LogP contribution < -0.4 is 0 Å². The molecular formula is C16H23BrO2. The third-order valence-corrected chi connectivity index (χ3v) is 3.76. The first-order valence-electron chi connectivity index (χ1n) is 7.03. The van der Waals surface area contributed by atoms with Crippen LogP contribution in [0, 0.1) is 0 Å². The van der Waals surface area contributed by atoms with Gasteiger partial charge in [0.2, 0.25) is 0 Å². The minimum Gasteiger partial charge on any atom is -0.459 e. The lowest BCUT2D eigenvalue weighted by Crippen LogP contribution is -2.15. The molecule has 0 N–H and O–H groups in total. The number of alkyl halides is 1. The van der Waals surface area contributed by atoms with Crippen LogP contribution in [-0.2, 0) is 10.1 Å². The SMILES string of the molecule is CCCCCC[C@@H](C)OC(=O)c1ccc(CBr)cc1. The van der Waals surface area contributed by atoms with Crippen LogP contribution >= 0.6 is 15.9 Å². The van der Waals surface area contributed by atoms with E-state index in [1.807, 2.05) is 31.2 Å². The predicted octanol–water partition coefficient (Wildman–Crippen LogP) is 5.10. The lowest BCUT2D eigenvalue weighted by atomic mass is 10.1. The van der Waals surface area contributed by atoms with Gasteiger partial charge < -0.3 is 4.74 Å². The second kappa shape index (κ2) is 9.13. The van der Waals surface area contributed by atoms with E-state index in [0.717, 1.165) is 23.7 Å². The monoisotopic (exact) mass is 326 g/mol. The summed E-state index contributed by atoms with van der Waals surface area (Å²) >= 11 is 3.38. The number of halogens is 1. The van der Waals surface area contributed by atoms with E-state index in [2.05, 4.69) is 22.9 Å². The second-order valence-corrected chi connectivity index (χ2v) is 5.46. The zero-order chi connectivity index (χ0) is 14.1. The molecule has 0 aromatic heterocycles. The molecule has 0 aliphatic carbocycles. The molecule has 0 spiro atoms. The van der Waals surface area contributed by atoms with E-state index in [0.29, 0.717) is 5.56 Å². The van der Waals surface area contributed by atoms with E-state index in [9.17, 15) is 4.79 Å². The molecule has 0 saturated heterocycles. The largest absolute Gasteiger partial charge is 0.459 e. The van der Waals surface area contributed by atoms with Crippen LogP contribution in [0.3, 0.4) is 0 Å². The minimum atomic E-state index is -0.218. The van der Waals surface area contributed by atoms with E-state index in [4.69, 9.17) is 4.74 Å². The van der Waals surface area contributed by atoms with Gasteiger partial charge >= 0.3 is 5.97 Å². The third-order valence-electron chi connectivity index (χ3n) is 3.12. The van der Waals surface area contributed by atoms with Crippen molar-refractivity contribution in [1.29, 1.82) is 0 Å². The van der Waals surface area contributed by atoms with Crippen molar-refractivity contribution in [3.8, 4) is 0 Å². The van der Waals surface area contributed by atoms with Gasteiger partial charge in [-0.25, -0.2) is 4.79 Å². The molecule has 1 atom stereocenters. The summed E-state index contributed by atoms with van der Waals surface area (Å²) in [7, 11) is 0. The maximum atomic E-state index is 11.9. The summed E-state index contributed by atoms with van der Waals surface area (Å²) in [6.07, 6.45) is 5.79. The number of hydrogen-bond acceptors (Lipinski definition) is 2. The van der Waals surface area contributed by atoms with E-state index in [1.165, 1.54) is 19.3 Å². The number of esters is 1. The molecule has 0 saturated carbocycles. The smallest absolute Gasteiger partial charge is 0.338 e. The van der Waals surface area contributed by atoms with Gasteiger partial charge in [-0.15, -0.1) is 0 Å². The maximum Gasteiger partial charge on any atom is 0.338 e. The molecule has 19 heavy (non-hydrogen) atoms. The number of carbonyl (C=O) groups excluding carboxylic acids is 1. The van der Waals surface area contributed by atoms with Crippen molar-refractivity contribution in [2.75, 3.05) is 0 Å². The van der Waals surface area contributed by atoms with Crippen molar-refractivity contribution in [1.82, 2.24) is 0 Å². The van der Waals surface area contributed by atoms with Crippen molar-refractivity contribution in [2.45, 2.75) is 57.4 Å². The van der Waals surface area contributed by atoms with Crippen LogP contribution in [0.15, 0.2) is 24.3 Å². The lowest BCUT2D eigenvalue weighted by Gasteiger charge is -2.13. The number of hydrogen-bond donors (Lipinski definition) is 0. The van der Waals surface area contributed by atoms with Gasteiger partial charge in [0.15, 0.2) is 0 Å². The Morgan fingerprint density at radius 2 is 1.89 bits per heavy atom. The van der Waals surface area contributed by atoms with E-state index >= 15 is 0 Å². The molecule has 0 aliphatic heterocycles. The summed E-state index contributed by atoms with van der Waals surface area (Å²) < 4.78 is 5.44. The first kappa shape index (κ1) is 16.2. The van der Waals surface area contributed by atoms with E-state index in [-0.39, 0.29) is 12.1 Å². The Hall–Kier alpha value is -0.830. The highest BCUT2D eigenvalue weighted by atomic mass is 79.9. The molecule has 0 aliphatic rings. The first-order chi connectivity index (χ1) is 9.17. The van der Waals surface area contributed by atoms with Gasteiger partial charge in [-0.05, 0) is 37.5 Å². The average molecular weight is 327 g/mol. The molecular weight excluding hydrogens is 304 g/mol. The summed E-state index contributed by atoms with van der Waals surface area (Å²) in [5.74, 6) is -0.218. The van der Waals surface area contributed by atoms with Crippen molar-refractivity contribution in [3.05, 3.63) is 35.4 Å². The summed E-state index contributed by atoms with van der Waals surface area (Å²) in [5, 5.41) is 0.802. The molecule has 1 aromatic rings. The van der Waals surface area contributed by atoms with Crippen molar-refractivity contribution in [3.63, 3.8) is 0 Å². The molecule has 2 nitrogen and oxygen atoms in total. The molecule has 1 rings (SSSR count). The molecule has 0 bridgehead atoms. The van der Waals surface area contributed by atoms with E-state index < -0.39 is 0 Å². The topological polar surface area (TPSA) is 26.3 Å². The van der Waals surface area contributed by atoms with Crippen LogP contribution in [0.1, 0.15) is 61.9 Å². The lowest BCUT2D eigenvalue weighted by molar-refractivity contribution is 0.0319. The van der Waals surface area contributed by atoms with Gasteiger partial charge in [0.05, 0.1) is 11.7 Å². The molecule has 0 radical (unpaired) electrons. The summed E-state index contributed by atoms with van der Waals surface area (Å²) in [4.78, 5) is 11.9. The van der Waals surface area contributed by atoms with Crippen LogP contribution in [0.4, 0.5) is 0 Å². The number of benzene rings is 1. The van der Waals surface area contributed by atoms with Crippen LogP contribution in [0.2, 0.25) is 0 Å². The highest BCUT2D eigenvalue weighted by Crippen LogP contribution is 2.12. The number of carbonyl (C=O) groups is 1. The molecule has 0 heterocycles. The van der Waals surface area contributed by atoms with Crippen molar-refractivity contribution >= 4 is 21.9 Å². The Morgan fingerprint density at radius 1 is 1.21 bits per heavy atom. The Balaban J connectivity index is 2.36. The fraction of sp³-hybridized carbons (Fsp3) is 0.562. The predicted molar refractivity (Wildman–Crippen MR) is 82.7 cm³/mol. The highest BCUT2D eigenvalue weighted by Gasteiger charge is 2.11. The standard InChI is InChI=1S/C16H23BrO2/c1-3-4-5-6-7-13(2)19-16(18)15-10-8-14(12-17)9-11-15/h8-11,13H,3-7,12H2,1-2H3/t13-/m1/s1. The van der Waals surface area contributed by atoms with Gasteiger partial charge in [0, 0.05) is 5.33 Å². The minimum absolute atomic E-state index is 0.000192. The van der Waals surface area contributed by atoms with Gasteiger partial charge in [-0.2, -0.15) is 0 Å². The quantitative estimate of drug-likeness (QED) is 0.377. The Labute approximate surface area is 124 Å². The zero-order valence-corrected chi connectivity index (χ0v) is 13.4. The van der Waals surface area contributed by atoms with Crippen LogP contribution in [0.5, 0.6) is 0 Å². The first-order valence-corrected chi connectivity index (χ1v) is 8.15. The number of ether oxygens (including phenoxy) is 1. The van der Waals surface area contributed by atoms with Crippen LogP contribution in [-0.4, -0.2) is 12.1 Å². The molecule has 0 amide bonds. The second-order valence-electron chi connectivity index (χ2n) is 4.90. The molecule has 1 aromatic carbocycles. The summed E-state index contributed by atoms with van der Waals surface area (Å²) in [5.41, 5.74) is 1.79. The van der Waals surface area contributed by atoms with Gasteiger partial charge in [-0.1, -0.05) is 54.2 Å². The molecule has 0 unspecified atom stereocenters. The average Bonchev–Trinajstić information content (AvgIpc) is 2.43. The highest BCUT2D eigenvalue weighted by molar-refractivity contribution is 9.08. The normalized spacial score (nSPS) is 12.2. The fourth-order valence-electron chi connectivity index (χ4n) is 1.90. The van der Waals surface area contributed by atoms with Crippen LogP contribution in [0.25, 0.3) is 0 Å². The number of unbranched alkanes of at least 4 members (excludes halogenated alkanes) is 3. The van der Waals surface area contributed by atoms with Gasteiger partial charge in [-0.3, -0.25) is 0 Å². The third kappa shape index (κ3) is 6.24. The van der Waals surface area contributed by atoms with Crippen molar-refractivity contribution < 1.29 is 9.53 Å². The number of rotatable bonds is 8.